The molecule has 1 heterocycles. The van der Waals surface area contributed by atoms with Crippen LogP contribution in [0.5, 0.6) is 0 Å². The number of anilines is 1. The fraction of sp³-hybridized carbons (Fsp3) is 0.578. The van der Waals surface area contributed by atoms with E-state index in [1.807, 2.05) is 55.5 Å². The number of hydrogen-bond donors (Lipinski definition) is 5. The largest absolute Gasteiger partial charge is 0.481 e. The number of aromatic nitrogens is 1. The molecule has 2 aromatic carbocycles. The van der Waals surface area contributed by atoms with Gasteiger partial charge in [0, 0.05) is 23.9 Å². The molecule has 4 saturated carbocycles. The zero-order valence-electron chi connectivity index (χ0n) is 31.9. The van der Waals surface area contributed by atoms with Crippen molar-refractivity contribution in [2.24, 2.45) is 46.3 Å². The van der Waals surface area contributed by atoms with Gasteiger partial charge in [0.05, 0.1) is 34.7 Å². The number of fused-ring (bicyclic) bond motifs is 6. The lowest BCUT2D eigenvalue weighted by Gasteiger charge is -2.64. The minimum atomic E-state index is -1.17. The van der Waals surface area contributed by atoms with Crippen LogP contribution in [0.2, 0.25) is 0 Å². The Hall–Kier alpha value is -3.77. The maximum absolute atomic E-state index is 12.6. The minimum Gasteiger partial charge on any atom is -0.481 e. The van der Waals surface area contributed by atoms with Crippen molar-refractivity contribution >= 4 is 28.3 Å². The molecule has 282 valence electrons. The number of rotatable bonds is 8. The van der Waals surface area contributed by atoms with E-state index in [1.54, 1.807) is 6.92 Å². The number of aryl methyl sites for hydroxylation is 1. The fourth-order valence-corrected chi connectivity index (χ4v) is 11.9. The van der Waals surface area contributed by atoms with Crippen LogP contribution in [0.4, 0.5) is 5.69 Å². The summed E-state index contributed by atoms with van der Waals surface area (Å²) in [5, 5.41) is 49.4. The fourth-order valence-electron chi connectivity index (χ4n) is 11.9. The van der Waals surface area contributed by atoms with Crippen LogP contribution < -0.4 is 5.32 Å². The van der Waals surface area contributed by atoms with Gasteiger partial charge in [-0.1, -0.05) is 62.9 Å². The van der Waals surface area contributed by atoms with E-state index >= 15 is 0 Å². The Morgan fingerprint density at radius 2 is 1.81 bits per heavy atom. The number of para-hydroxylation sites is 1. The van der Waals surface area contributed by atoms with Gasteiger partial charge >= 0.3 is 5.97 Å². The third-order valence-electron chi connectivity index (χ3n) is 14.7. The molecular weight excluding hydrogens is 665 g/mol. The second-order valence-corrected chi connectivity index (χ2v) is 17.6. The molecule has 4 aliphatic rings. The van der Waals surface area contributed by atoms with Gasteiger partial charge in [0.25, 0.3) is 0 Å². The first-order valence-corrected chi connectivity index (χ1v) is 19.7. The zero-order chi connectivity index (χ0) is 37.9. The number of aliphatic carboxylic acids is 1. The highest BCUT2D eigenvalue weighted by Crippen LogP contribution is 2.69. The summed E-state index contributed by atoms with van der Waals surface area (Å²) in [4.78, 5) is 28.6. The van der Waals surface area contributed by atoms with Gasteiger partial charge < -0.3 is 25.7 Å². The first kappa shape index (κ1) is 37.5. The van der Waals surface area contributed by atoms with E-state index in [0.717, 1.165) is 47.0 Å². The molecule has 5 unspecified atom stereocenters. The van der Waals surface area contributed by atoms with Crippen LogP contribution >= 0.6 is 0 Å². The van der Waals surface area contributed by atoms with Crippen LogP contribution in [0.25, 0.3) is 10.9 Å². The van der Waals surface area contributed by atoms with Crippen molar-refractivity contribution in [1.82, 2.24) is 4.98 Å². The highest BCUT2D eigenvalue weighted by Gasteiger charge is 2.66. The third-order valence-corrected chi connectivity index (χ3v) is 14.7. The molecule has 0 radical (unpaired) electrons. The Bertz CT molecular complexity index is 1970. The predicted molar refractivity (Wildman–Crippen MR) is 206 cm³/mol. The van der Waals surface area contributed by atoms with E-state index < -0.39 is 23.8 Å². The first-order valence-electron chi connectivity index (χ1n) is 19.7. The Balaban J connectivity index is 1.06. The molecule has 0 aliphatic heterocycles. The number of carboxylic acid groups (broad SMARTS) is 1. The van der Waals surface area contributed by atoms with Crippen molar-refractivity contribution in [2.45, 2.75) is 117 Å². The summed E-state index contributed by atoms with van der Waals surface area (Å²) < 4.78 is 0. The molecule has 8 nitrogen and oxygen atoms in total. The summed E-state index contributed by atoms with van der Waals surface area (Å²) >= 11 is 0. The number of aliphatic hydroxyl groups is 3. The Labute approximate surface area is 313 Å². The van der Waals surface area contributed by atoms with E-state index in [9.17, 15) is 30.0 Å². The lowest BCUT2D eigenvalue weighted by atomic mass is 9.42. The molecule has 0 amide bonds. The summed E-state index contributed by atoms with van der Waals surface area (Å²) in [5.41, 5.74) is 3.08. The molecule has 5 N–H and O–H groups in total. The number of ketones is 1. The van der Waals surface area contributed by atoms with Crippen molar-refractivity contribution in [1.29, 1.82) is 0 Å². The molecule has 0 saturated heterocycles. The summed E-state index contributed by atoms with van der Waals surface area (Å²) in [6, 6.07) is 15.8. The molecule has 3 aromatic rings. The average Bonchev–Trinajstić information content (AvgIpc) is 3.48. The van der Waals surface area contributed by atoms with Gasteiger partial charge in [-0.25, -0.2) is 0 Å². The van der Waals surface area contributed by atoms with E-state index in [0.29, 0.717) is 49.9 Å². The number of nitrogens with zero attached hydrogens (tertiary/aromatic N) is 1. The van der Waals surface area contributed by atoms with Crippen LogP contribution in [0.1, 0.15) is 113 Å². The maximum atomic E-state index is 12.6. The molecule has 0 bridgehead atoms. The van der Waals surface area contributed by atoms with Crippen LogP contribution in [0.15, 0.2) is 48.5 Å². The van der Waals surface area contributed by atoms with Crippen LogP contribution in [-0.2, 0) is 11.3 Å². The summed E-state index contributed by atoms with van der Waals surface area (Å²) in [5.74, 6) is 6.68. The number of aliphatic hydroxyl groups excluding tert-OH is 2. The number of carbonyl (C=O) groups excluding carboxylic acids is 1. The Morgan fingerprint density at radius 3 is 2.57 bits per heavy atom. The topological polar surface area (TPSA) is 140 Å². The molecular formula is C45H56N2O6. The van der Waals surface area contributed by atoms with Crippen LogP contribution in [-0.4, -0.2) is 55.0 Å². The number of carbonyl (C=O) groups is 2. The summed E-state index contributed by atoms with van der Waals surface area (Å²) in [6.45, 7) is 10.6. The quantitative estimate of drug-likeness (QED) is 0.119. The smallest absolute Gasteiger partial charge is 0.303 e. The molecule has 11 atom stereocenters. The van der Waals surface area contributed by atoms with Crippen molar-refractivity contribution in [2.75, 3.05) is 5.32 Å². The van der Waals surface area contributed by atoms with E-state index in [1.165, 1.54) is 0 Å². The van der Waals surface area contributed by atoms with Gasteiger partial charge in [0.15, 0.2) is 5.78 Å². The van der Waals surface area contributed by atoms with E-state index in [4.69, 9.17) is 0 Å². The number of carboxylic acids is 1. The predicted octanol–water partition coefficient (Wildman–Crippen LogP) is 7.54. The van der Waals surface area contributed by atoms with Gasteiger partial charge in [-0.2, -0.15) is 0 Å². The third kappa shape index (κ3) is 6.68. The molecule has 53 heavy (non-hydrogen) atoms. The van der Waals surface area contributed by atoms with E-state index in [-0.39, 0.29) is 58.5 Å². The van der Waals surface area contributed by atoms with Gasteiger partial charge in [-0.3, -0.25) is 14.6 Å². The number of nitrogens with one attached hydrogen (secondary N) is 1. The molecule has 8 heteroatoms. The number of pyridine rings is 1. The van der Waals surface area contributed by atoms with Crippen LogP contribution in [0, 0.1) is 65.1 Å². The highest BCUT2D eigenvalue weighted by molar-refractivity contribution is 6.08. The second kappa shape index (κ2) is 14.1. The van der Waals surface area contributed by atoms with E-state index in [2.05, 4.69) is 42.9 Å². The molecule has 1 aromatic heterocycles. The molecule has 4 aliphatic carbocycles. The van der Waals surface area contributed by atoms with Gasteiger partial charge in [-0.05, 0) is 135 Å². The molecule has 4 fully saturated rings. The monoisotopic (exact) mass is 720 g/mol. The normalized spacial score (nSPS) is 35.3. The summed E-state index contributed by atoms with van der Waals surface area (Å²) in [6.07, 6.45) is 4.73. The van der Waals surface area contributed by atoms with Crippen LogP contribution in [0.3, 0.4) is 0 Å². The number of hydrogen-bond acceptors (Lipinski definition) is 7. The number of Topliss-reactive ketones (excluding diaryl/α,β-unsaturated/α-hetero) is 1. The number of benzene rings is 2. The standard InChI is InChI=1S/C45H56N2O6/c1-26(13-16-39(51)52)33-14-15-34-41-35(23-38(50)44(33,34)5)43(4)19-20-45(53,24-31(43)22-37(41)49)18-17-29-9-8-10-30(21-29)25-46-42-32-11-6-7-12-36(32)47-27(2)40(42)28(3)48/h6-12,21,26,31,33-35,37-38,41,49-50,53H,13-16,19-20,22-25H2,1-5H3,(H,46,47)(H,51,52)/t26?,31?,33-,34?,35?,37-,38+,41?,43+,44-,45-/m1/s1. The minimum absolute atomic E-state index is 0.0365. The highest BCUT2D eigenvalue weighted by atomic mass is 16.4. The Morgan fingerprint density at radius 1 is 1.04 bits per heavy atom. The first-order chi connectivity index (χ1) is 25.1. The Kier molecular flexibility index (Phi) is 10.0. The second-order valence-electron chi connectivity index (χ2n) is 17.6. The van der Waals surface area contributed by atoms with Gasteiger partial charge in [0.2, 0.25) is 0 Å². The lowest BCUT2D eigenvalue weighted by molar-refractivity contribution is -0.211. The van der Waals surface area contributed by atoms with Gasteiger partial charge in [0.1, 0.15) is 5.60 Å². The zero-order valence-corrected chi connectivity index (χ0v) is 31.9. The average molecular weight is 721 g/mol. The van der Waals surface area contributed by atoms with Crippen molar-refractivity contribution in [3.05, 3.63) is 70.9 Å². The molecule has 7 rings (SSSR count). The van der Waals surface area contributed by atoms with Crippen molar-refractivity contribution in [3.63, 3.8) is 0 Å². The lowest BCUT2D eigenvalue weighted by Crippen LogP contribution is -2.63. The maximum Gasteiger partial charge on any atom is 0.303 e. The molecule has 0 spiro atoms. The van der Waals surface area contributed by atoms with Crippen molar-refractivity contribution in [3.8, 4) is 11.8 Å². The summed E-state index contributed by atoms with van der Waals surface area (Å²) in [7, 11) is 0. The SMILES string of the molecule is CC(=O)c1c(C)nc2ccccc2c1NCc1cccc(C#C[C@@]2(O)CC[C@@]3(C)C(C[C@@H](O)C4C3C[C@H](O)[C@@]3(C)C4CC[C@@H]3C(C)CCC(=O)O)C2)c1. The van der Waals surface area contributed by atoms with Crippen molar-refractivity contribution < 1.29 is 30.0 Å². The van der Waals surface area contributed by atoms with Gasteiger partial charge in [-0.15, -0.1) is 0 Å².